The van der Waals surface area contributed by atoms with E-state index in [0.29, 0.717) is 30.3 Å². The van der Waals surface area contributed by atoms with E-state index in [2.05, 4.69) is 33.4 Å². The number of benzene rings is 3. The summed E-state index contributed by atoms with van der Waals surface area (Å²) in [7, 11) is 1.62. The molecule has 1 amide bonds. The Balaban J connectivity index is 1.07. The normalized spacial score (nSPS) is 16.7. The molecule has 2 heterocycles. The minimum atomic E-state index is -0.206. The van der Waals surface area contributed by atoms with E-state index in [9.17, 15) is 9.18 Å². The minimum absolute atomic E-state index is 0.000509. The molecule has 4 aromatic rings. The van der Waals surface area contributed by atoms with Crippen LogP contribution in [0.1, 0.15) is 28.8 Å². The minimum Gasteiger partial charge on any atom is -0.495 e. The lowest BCUT2D eigenvalue weighted by Gasteiger charge is -2.40. The molecule has 1 aromatic heterocycles. The summed E-state index contributed by atoms with van der Waals surface area (Å²) in [5.74, 6) is 1.09. The first-order chi connectivity index (χ1) is 19.1. The van der Waals surface area contributed by atoms with Crippen LogP contribution in [0, 0.1) is 5.82 Å². The van der Waals surface area contributed by atoms with Crippen LogP contribution in [0.3, 0.4) is 0 Å². The van der Waals surface area contributed by atoms with E-state index in [0.717, 1.165) is 47.4 Å². The quantitative estimate of drug-likeness (QED) is 0.218. The van der Waals surface area contributed by atoms with Gasteiger partial charge in [-0.2, -0.15) is 0 Å². The van der Waals surface area contributed by atoms with Crippen molar-refractivity contribution in [3.8, 4) is 5.75 Å². The first kappa shape index (κ1) is 25.6. The Bertz CT molecular complexity index is 1480. The van der Waals surface area contributed by atoms with Crippen molar-refractivity contribution < 1.29 is 13.9 Å². The summed E-state index contributed by atoms with van der Waals surface area (Å²) in [6, 6.07) is 22.7. The highest BCUT2D eigenvalue weighted by Gasteiger charge is 2.50. The van der Waals surface area contributed by atoms with Gasteiger partial charge in [-0.3, -0.25) is 14.7 Å². The van der Waals surface area contributed by atoms with Crippen LogP contribution in [0.4, 0.5) is 10.1 Å². The zero-order valence-electron chi connectivity index (χ0n) is 21.9. The summed E-state index contributed by atoms with van der Waals surface area (Å²) < 4.78 is 19.1. The van der Waals surface area contributed by atoms with Crippen LogP contribution in [-0.4, -0.2) is 59.9 Å². The summed E-state index contributed by atoms with van der Waals surface area (Å²) in [6.45, 7) is 2.94. The van der Waals surface area contributed by atoms with Crippen LogP contribution < -0.4 is 10.1 Å². The highest BCUT2D eigenvalue weighted by Crippen LogP contribution is 2.51. The van der Waals surface area contributed by atoms with Crippen LogP contribution >= 0.6 is 11.8 Å². The van der Waals surface area contributed by atoms with Gasteiger partial charge >= 0.3 is 0 Å². The topological polar surface area (TPSA) is 57.7 Å². The van der Waals surface area contributed by atoms with Gasteiger partial charge in [-0.15, -0.1) is 11.8 Å². The Hall–Kier alpha value is -3.62. The molecule has 6 nitrogen and oxygen atoms in total. The molecule has 1 saturated carbocycles. The third kappa shape index (κ3) is 5.18. The fourth-order valence-electron chi connectivity index (χ4n) is 5.54. The molecule has 1 saturated heterocycles. The molecule has 0 bridgehead atoms. The van der Waals surface area contributed by atoms with Crippen molar-refractivity contribution in [3.05, 3.63) is 95.9 Å². The van der Waals surface area contributed by atoms with E-state index in [1.54, 1.807) is 31.0 Å². The average Bonchev–Trinajstić information content (AvgIpc) is 3.80. The molecule has 3 aromatic carbocycles. The number of halogens is 1. The fourth-order valence-corrected chi connectivity index (χ4v) is 6.41. The van der Waals surface area contributed by atoms with Crippen LogP contribution in [0.2, 0.25) is 0 Å². The number of fused-ring (bicyclic) bond motifs is 1. The summed E-state index contributed by atoms with van der Waals surface area (Å²) >= 11 is 1.68. The number of aromatic nitrogens is 1. The van der Waals surface area contributed by atoms with Crippen molar-refractivity contribution in [2.75, 3.05) is 44.5 Å². The molecule has 0 spiro atoms. The monoisotopic (exact) mass is 542 g/mol. The number of para-hydroxylation sites is 1. The summed E-state index contributed by atoms with van der Waals surface area (Å²) in [6.07, 6.45) is 3.97. The molecule has 1 N–H and O–H groups in total. The molecule has 39 heavy (non-hydrogen) atoms. The van der Waals surface area contributed by atoms with Crippen LogP contribution in [0.25, 0.3) is 10.9 Å². The number of pyridine rings is 1. The SMILES string of the molecule is COc1cc(C(=O)N2CCN(C3(c4ccc(F)cc4)CC3)CC2)ccc1NCSc1cccc2cccnc12. The largest absolute Gasteiger partial charge is 0.495 e. The molecule has 2 aliphatic rings. The molecule has 2 fully saturated rings. The predicted octanol–water partition coefficient (Wildman–Crippen LogP) is 5.99. The summed E-state index contributed by atoms with van der Waals surface area (Å²) in [4.78, 5) is 23.4. The number of rotatable bonds is 8. The van der Waals surface area contributed by atoms with Crippen LogP contribution in [0.5, 0.6) is 5.75 Å². The second kappa shape index (κ2) is 10.9. The number of nitrogens with one attached hydrogen (secondary N) is 1. The third-order valence-corrected chi connectivity index (χ3v) is 8.74. The second-order valence-electron chi connectivity index (χ2n) is 10.0. The molecule has 0 radical (unpaired) electrons. The van der Waals surface area contributed by atoms with Crippen LogP contribution in [-0.2, 0) is 5.54 Å². The van der Waals surface area contributed by atoms with Crippen molar-refractivity contribution in [2.45, 2.75) is 23.3 Å². The molecule has 1 aliphatic carbocycles. The number of nitrogens with zero attached hydrogens (tertiary/aromatic N) is 3. The highest BCUT2D eigenvalue weighted by molar-refractivity contribution is 7.99. The molecule has 1 aliphatic heterocycles. The van der Waals surface area contributed by atoms with Gasteiger partial charge in [-0.25, -0.2) is 4.39 Å². The molecule has 0 unspecified atom stereocenters. The van der Waals surface area contributed by atoms with Gasteiger partial charge in [0.1, 0.15) is 11.6 Å². The molecule has 0 atom stereocenters. The maximum absolute atomic E-state index is 13.4. The fraction of sp³-hybridized carbons (Fsp3) is 0.290. The molecule has 200 valence electrons. The molecule has 8 heteroatoms. The number of methoxy groups -OCH3 is 1. The highest BCUT2D eigenvalue weighted by atomic mass is 32.2. The zero-order valence-corrected chi connectivity index (χ0v) is 22.7. The van der Waals surface area contributed by atoms with Crippen LogP contribution in [0.15, 0.2) is 83.9 Å². The number of ether oxygens (including phenoxy) is 1. The van der Waals surface area contributed by atoms with Crippen molar-refractivity contribution in [1.29, 1.82) is 0 Å². The van der Waals surface area contributed by atoms with Gasteiger partial charge in [0.15, 0.2) is 0 Å². The van der Waals surface area contributed by atoms with E-state index in [4.69, 9.17) is 4.74 Å². The van der Waals surface area contributed by atoms with E-state index < -0.39 is 0 Å². The first-order valence-corrected chi connectivity index (χ1v) is 14.2. The number of piperazine rings is 1. The first-order valence-electron chi connectivity index (χ1n) is 13.3. The van der Waals surface area contributed by atoms with Gasteiger partial charge in [0.05, 0.1) is 24.2 Å². The maximum atomic E-state index is 13.4. The van der Waals surface area contributed by atoms with Gasteiger partial charge < -0.3 is 15.0 Å². The number of hydrogen-bond acceptors (Lipinski definition) is 6. The maximum Gasteiger partial charge on any atom is 0.254 e. The predicted molar refractivity (Wildman–Crippen MR) is 154 cm³/mol. The molecule has 6 rings (SSSR count). The number of hydrogen-bond donors (Lipinski definition) is 1. The number of thioether (sulfide) groups is 1. The van der Waals surface area contributed by atoms with Gasteiger partial charge in [0.25, 0.3) is 5.91 Å². The Labute approximate surface area is 232 Å². The number of carbonyl (C=O) groups excluding carboxylic acids is 1. The third-order valence-electron chi connectivity index (χ3n) is 7.81. The van der Waals surface area contributed by atoms with E-state index in [1.807, 2.05) is 53.6 Å². The lowest BCUT2D eigenvalue weighted by Crippen LogP contribution is -2.52. The number of carbonyl (C=O) groups is 1. The average molecular weight is 543 g/mol. The Morgan fingerprint density at radius 1 is 1.03 bits per heavy atom. The van der Waals surface area contributed by atoms with Crippen molar-refractivity contribution in [3.63, 3.8) is 0 Å². The zero-order chi connectivity index (χ0) is 26.8. The lowest BCUT2D eigenvalue weighted by atomic mass is 10.0. The summed E-state index contributed by atoms with van der Waals surface area (Å²) in [5.41, 5.74) is 3.63. The van der Waals surface area contributed by atoms with Crippen molar-refractivity contribution in [1.82, 2.24) is 14.8 Å². The smallest absolute Gasteiger partial charge is 0.254 e. The standard InChI is InChI=1S/C31H31FN4O2S/c1-38-27-20-23(7-12-26(27)34-21-39-28-6-2-4-22-5-3-15-33-29(22)28)30(37)35-16-18-36(19-17-35)31(13-14-31)24-8-10-25(32)11-9-24/h2-12,15,20,34H,13-14,16-19,21H2,1H3. The van der Waals surface area contributed by atoms with Crippen molar-refractivity contribution >= 4 is 34.3 Å². The van der Waals surface area contributed by atoms with Gasteiger partial charge in [-0.1, -0.05) is 30.3 Å². The molecular formula is C31H31FN4O2S. The summed E-state index contributed by atoms with van der Waals surface area (Å²) in [5, 5.41) is 4.54. The van der Waals surface area contributed by atoms with Gasteiger partial charge in [0.2, 0.25) is 0 Å². The molecular weight excluding hydrogens is 511 g/mol. The van der Waals surface area contributed by atoms with E-state index >= 15 is 0 Å². The second-order valence-corrected chi connectivity index (χ2v) is 11.0. The van der Waals surface area contributed by atoms with E-state index in [1.165, 1.54) is 5.56 Å². The van der Waals surface area contributed by atoms with Gasteiger partial charge in [-0.05, 0) is 60.9 Å². The van der Waals surface area contributed by atoms with Gasteiger partial charge in [0, 0.05) is 53.8 Å². The lowest BCUT2D eigenvalue weighted by molar-refractivity contribution is 0.0531. The number of anilines is 1. The Morgan fingerprint density at radius 2 is 1.79 bits per heavy atom. The Morgan fingerprint density at radius 3 is 2.54 bits per heavy atom. The van der Waals surface area contributed by atoms with Crippen molar-refractivity contribution in [2.24, 2.45) is 0 Å². The number of amides is 1. The Kier molecular flexibility index (Phi) is 7.14. The van der Waals surface area contributed by atoms with E-state index in [-0.39, 0.29) is 17.3 Å².